The lowest BCUT2D eigenvalue weighted by atomic mass is 9.75. The number of carbonyl (C=O) groups excluding carboxylic acids is 1. The largest absolute Gasteiger partial charge is 0.381 e. The zero-order valence-corrected chi connectivity index (χ0v) is 25.7. The second-order valence-corrected chi connectivity index (χ2v) is 11.8. The minimum atomic E-state index is -0.533. The number of anilines is 1. The van der Waals surface area contributed by atoms with Gasteiger partial charge in [-0.25, -0.2) is 0 Å². The molecule has 0 unspecified atom stereocenters. The summed E-state index contributed by atoms with van der Waals surface area (Å²) >= 11 is 0. The van der Waals surface area contributed by atoms with E-state index in [0.29, 0.717) is 43.2 Å². The van der Waals surface area contributed by atoms with Crippen molar-refractivity contribution < 1.29 is 14.3 Å². The highest BCUT2D eigenvalue weighted by atomic mass is 16.5. The Balaban J connectivity index is 1.52. The zero-order chi connectivity index (χ0) is 30.6. The Morgan fingerprint density at radius 3 is 2.33 bits per heavy atom. The molecule has 2 N–H and O–H groups in total. The van der Waals surface area contributed by atoms with Crippen LogP contribution in [0.2, 0.25) is 0 Å². The number of ether oxygens (including phenoxy) is 2. The quantitative estimate of drug-likeness (QED) is 0.365. The molecule has 0 aliphatic carbocycles. The second kappa shape index (κ2) is 13.2. The average molecular weight is 583 g/mol. The van der Waals surface area contributed by atoms with Gasteiger partial charge in [0.2, 0.25) is 0 Å². The van der Waals surface area contributed by atoms with Crippen LogP contribution in [0, 0.1) is 32.1 Å². The second-order valence-electron chi connectivity index (χ2n) is 11.8. The van der Waals surface area contributed by atoms with Crippen molar-refractivity contribution in [3.8, 4) is 17.2 Å². The minimum absolute atomic E-state index is 0.144. The Kier molecular flexibility index (Phi) is 9.34. The van der Waals surface area contributed by atoms with Gasteiger partial charge in [-0.05, 0) is 99.4 Å². The molecule has 0 saturated carbocycles. The molecule has 1 amide bonds. The number of aromatic nitrogens is 1. The number of aromatic amines is 1. The van der Waals surface area contributed by atoms with E-state index in [2.05, 4.69) is 46.4 Å². The summed E-state index contributed by atoms with van der Waals surface area (Å²) in [4.78, 5) is 31.6. The third kappa shape index (κ3) is 6.39. The number of hydrogen-bond donors (Lipinski definition) is 2. The highest BCUT2D eigenvalue weighted by Gasteiger charge is 2.34. The first-order valence-electron chi connectivity index (χ1n) is 15.3. The summed E-state index contributed by atoms with van der Waals surface area (Å²) < 4.78 is 11.2. The SMILES string of the molecule is CCN(c1cc(-c2ccc(C3(C#N)CCOCC3)cc2)cc(C(=O)NCc2c(C)cc(C)[nH]c2=O)c1C)C1CCOCC1. The van der Waals surface area contributed by atoms with Crippen molar-refractivity contribution in [3.63, 3.8) is 0 Å². The standard InChI is InChI=1S/C35H42N4O4/c1-5-39(29-10-14-42-15-11-29)32-20-27(26-6-8-28(9-7-26)35(22-36)12-16-43-17-13-35)19-30(25(32)4)33(40)37-21-31-23(2)18-24(3)38-34(31)41/h6-9,18-20,29H,5,10-17,21H2,1-4H3,(H,37,40)(H,38,41). The van der Waals surface area contributed by atoms with Crippen LogP contribution < -0.4 is 15.8 Å². The molecule has 2 aliphatic heterocycles. The number of nitrogens with zero attached hydrogens (tertiary/aromatic N) is 2. The molecule has 0 spiro atoms. The van der Waals surface area contributed by atoms with Gasteiger partial charge in [0.15, 0.2) is 0 Å². The maximum Gasteiger partial charge on any atom is 0.253 e. The number of hydrogen-bond acceptors (Lipinski definition) is 6. The van der Waals surface area contributed by atoms with Crippen molar-refractivity contribution in [2.24, 2.45) is 0 Å². The summed E-state index contributed by atoms with van der Waals surface area (Å²) in [6.45, 7) is 11.5. The Labute approximate surface area is 254 Å². The number of aryl methyl sites for hydroxylation is 2. The summed E-state index contributed by atoms with van der Waals surface area (Å²) in [5.74, 6) is -0.217. The monoisotopic (exact) mass is 582 g/mol. The van der Waals surface area contributed by atoms with Crippen molar-refractivity contribution in [3.05, 3.63) is 86.3 Å². The molecule has 8 nitrogen and oxygen atoms in total. The fraction of sp³-hybridized carbons (Fsp3) is 0.457. The van der Waals surface area contributed by atoms with E-state index in [1.807, 2.05) is 45.0 Å². The van der Waals surface area contributed by atoms with Crippen molar-refractivity contribution in [1.29, 1.82) is 5.26 Å². The summed E-state index contributed by atoms with van der Waals surface area (Å²) in [7, 11) is 0. The first-order valence-corrected chi connectivity index (χ1v) is 15.3. The number of pyridine rings is 1. The maximum atomic E-state index is 13.8. The topological polar surface area (TPSA) is 107 Å². The molecule has 5 rings (SSSR count). The highest BCUT2D eigenvalue weighted by molar-refractivity contribution is 5.99. The van der Waals surface area contributed by atoms with Crippen LogP contribution in [-0.2, 0) is 21.4 Å². The summed E-state index contributed by atoms with van der Waals surface area (Å²) in [5.41, 5.74) is 6.93. The predicted molar refractivity (Wildman–Crippen MR) is 169 cm³/mol. The summed E-state index contributed by atoms with van der Waals surface area (Å²) in [6, 6.07) is 17.1. The molecule has 3 aromatic rings. The van der Waals surface area contributed by atoms with Gasteiger partial charge in [-0.15, -0.1) is 0 Å². The molecule has 43 heavy (non-hydrogen) atoms. The Hall–Kier alpha value is -3.93. The van der Waals surface area contributed by atoms with Crippen molar-refractivity contribution in [2.75, 3.05) is 37.9 Å². The lowest BCUT2D eigenvalue weighted by molar-refractivity contribution is 0.0675. The van der Waals surface area contributed by atoms with Crippen LogP contribution in [-0.4, -0.2) is 49.9 Å². The molecule has 2 saturated heterocycles. The van der Waals surface area contributed by atoms with E-state index in [1.54, 1.807) is 0 Å². The molecule has 226 valence electrons. The first kappa shape index (κ1) is 30.5. The first-order chi connectivity index (χ1) is 20.8. The van der Waals surface area contributed by atoms with Crippen LogP contribution in [0.15, 0.2) is 47.3 Å². The van der Waals surface area contributed by atoms with Crippen LogP contribution in [0.1, 0.15) is 70.9 Å². The lowest BCUT2D eigenvalue weighted by Gasteiger charge is -2.37. The van der Waals surface area contributed by atoms with Crippen molar-refractivity contribution in [2.45, 2.75) is 71.4 Å². The molecular formula is C35H42N4O4. The van der Waals surface area contributed by atoms with Gasteiger partial charge in [-0.3, -0.25) is 9.59 Å². The Morgan fingerprint density at radius 2 is 1.70 bits per heavy atom. The van der Waals surface area contributed by atoms with Crippen LogP contribution in [0.5, 0.6) is 0 Å². The fourth-order valence-electron chi connectivity index (χ4n) is 6.55. The molecule has 0 bridgehead atoms. The number of benzene rings is 2. The van der Waals surface area contributed by atoms with Gasteiger partial charge in [0, 0.05) is 68.1 Å². The Morgan fingerprint density at radius 1 is 1.02 bits per heavy atom. The van der Waals surface area contributed by atoms with Crippen LogP contribution in [0.25, 0.3) is 11.1 Å². The molecule has 1 aromatic heterocycles. The van der Waals surface area contributed by atoms with Crippen LogP contribution in [0.3, 0.4) is 0 Å². The van der Waals surface area contributed by atoms with Gasteiger partial charge in [0.05, 0.1) is 11.5 Å². The molecular weight excluding hydrogens is 540 g/mol. The normalized spacial score (nSPS) is 16.8. The van der Waals surface area contributed by atoms with E-state index in [9.17, 15) is 14.9 Å². The highest BCUT2D eigenvalue weighted by Crippen LogP contribution is 2.37. The lowest BCUT2D eigenvalue weighted by Crippen LogP contribution is -2.40. The Bertz CT molecular complexity index is 1560. The molecule has 3 heterocycles. The van der Waals surface area contributed by atoms with E-state index in [4.69, 9.17) is 9.47 Å². The van der Waals surface area contributed by atoms with E-state index < -0.39 is 5.41 Å². The van der Waals surface area contributed by atoms with Gasteiger partial charge in [0.25, 0.3) is 11.5 Å². The number of carbonyl (C=O) groups is 1. The van der Waals surface area contributed by atoms with Gasteiger partial charge in [-0.2, -0.15) is 5.26 Å². The van der Waals surface area contributed by atoms with Crippen LogP contribution in [0.4, 0.5) is 5.69 Å². The van der Waals surface area contributed by atoms with E-state index >= 15 is 0 Å². The summed E-state index contributed by atoms with van der Waals surface area (Å²) in [5, 5.41) is 13.1. The molecule has 8 heteroatoms. The number of amides is 1. The summed E-state index contributed by atoms with van der Waals surface area (Å²) in [6.07, 6.45) is 3.23. The number of nitriles is 1. The zero-order valence-electron chi connectivity index (χ0n) is 25.7. The smallest absolute Gasteiger partial charge is 0.253 e. The molecule has 0 radical (unpaired) electrons. The maximum absolute atomic E-state index is 13.8. The van der Waals surface area contributed by atoms with Gasteiger partial charge in [0.1, 0.15) is 0 Å². The van der Waals surface area contributed by atoms with Gasteiger partial charge >= 0.3 is 0 Å². The molecule has 2 aromatic carbocycles. The van der Waals surface area contributed by atoms with Gasteiger partial charge in [-0.1, -0.05) is 24.3 Å². The number of H-pyrrole nitrogens is 1. The van der Waals surface area contributed by atoms with Crippen molar-refractivity contribution >= 4 is 11.6 Å². The molecule has 2 aliphatic rings. The molecule has 0 atom stereocenters. The predicted octanol–water partition coefficient (Wildman–Crippen LogP) is 5.47. The third-order valence-corrected chi connectivity index (χ3v) is 9.16. The number of rotatable bonds is 8. The third-order valence-electron chi connectivity index (χ3n) is 9.16. The van der Waals surface area contributed by atoms with Crippen molar-refractivity contribution in [1.82, 2.24) is 10.3 Å². The van der Waals surface area contributed by atoms with E-state index in [0.717, 1.165) is 71.8 Å². The fourth-order valence-corrected chi connectivity index (χ4v) is 6.55. The van der Waals surface area contributed by atoms with Gasteiger partial charge < -0.3 is 24.7 Å². The van der Waals surface area contributed by atoms with E-state index in [1.165, 1.54) is 0 Å². The minimum Gasteiger partial charge on any atom is -0.381 e. The van der Waals surface area contributed by atoms with Crippen LogP contribution >= 0.6 is 0 Å². The average Bonchev–Trinajstić information content (AvgIpc) is 3.02. The molecule has 2 fully saturated rings. The number of nitrogens with one attached hydrogen (secondary N) is 2. The van der Waals surface area contributed by atoms with E-state index in [-0.39, 0.29) is 18.0 Å².